The number of anilines is 2. The molecule has 0 saturated carbocycles. The van der Waals surface area contributed by atoms with Crippen molar-refractivity contribution < 1.29 is 13.5 Å². The average Bonchev–Trinajstić information content (AvgIpc) is 3.41. The van der Waals surface area contributed by atoms with E-state index in [2.05, 4.69) is 42.0 Å². The maximum Gasteiger partial charge on any atom is 0.229 e. The first kappa shape index (κ1) is 23.4. The van der Waals surface area contributed by atoms with Crippen LogP contribution in [0.2, 0.25) is 0 Å². The van der Waals surface area contributed by atoms with Crippen molar-refractivity contribution in [3.05, 3.63) is 72.1 Å². The minimum atomic E-state index is -0.668. The molecule has 2 aliphatic rings. The Balaban J connectivity index is 1.20. The van der Waals surface area contributed by atoms with Crippen molar-refractivity contribution in [2.24, 2.45) is 0 Å². The molecule has 0 bridgehead atoms. The summed E-state index contributed by atoms with van der Waals surface area (Å²) in [6, 6.07) is 6.70. The van der Waals surface area contributed by atoms with Gasteiger partial charge in [-0.05, 0) is 30.3 Å². The molecular formula is C26H26F2N8O. The fraction of sp³-hybridized carbons (Fsp3) is 0.308. The fourth-order valence-corrected chi connectivity index (χ4v) is 4.69. The molecule has 5 heterocycles. The Morgan fingerprint density at radius 2 is 1.81 bits per heavy atom. The summed E-state index contributed by atoms with van der Waals surface area (Å²) in [4.78, 5) is 21.8. The molecule has 1 aromatic carbocycles. The van der Waals surface area contributed by atoms with Crippen LogP contribution in [0.1, 0.15) is 18.2 Å². The molecule has 0 unspecified atom stereocenters. The number of ether oxygens (including phenoxy) is 1. The predicted octanol–water partition coefficient (Wildman–Crippen LogP) is 3.78. The van der Waals surface area contributed by atoms with Crippen LogP contribution in [0.15, 0.2) is 49.2 Å². The first-order valence-electron chi connectivity index (χ1n) is 12.2. The Kier molecular flexibility index (Phi) is 6.23. The molecule has 0 amide bonds. The number of rotatable bonds is 6. The van der Waals surface area contributed by atoms with Crippen LogP contribution in [0.4, 0.5) is 20.5 Å². The zero-order chi connectivity index (χ0) is 25.4. The normalized spacial score (nSPS) is 15.6. The third-order valence-corrected chi connectivity index (χ3v) is 6.76. The van der Waals surface area contributed by atoms with Gasteiger partial charge in [0.25, 0.3) is 0 Å². The van der Waals surface area contributed by atoms with Crippen LogP contribution < -0.4 is 10.1 Å². The van der Waals surface area contributed by atoms with Crippen molar-refractivity contribution in [1.29, 1.82) is 0 Å². The lowest BCUT2D eigenvalue weighted by atomic mass is 10.1. The highest BCUT2D eigenvalue weighted by Crippen LogP contribution is 2.36. The quantitative estimate of drug-likeness (QED) is 0.425. The maximum absolute atomic E-state index is 14.9. The summed E-state index contributed by atoms with van der Waals surface area (Å²) in [6.45, 7) is 8.57. The minimum Gasteiger partial charge on any atom is -0.482 e. The number of imidazole rings is 1. The minimum absolute atomic E-state index is 0.0331. The van der Waals surface area contributed by atoms with Crippen molar-refractivity contribution in [3.63, 3.8) is 0 Å². The van der Waals surface area contributed by atoms with E-state index in [1.54, 1.807) is 23.2 Å². The third kappa shape index (κ3) is 4.75. The van der Waals surface area contributed by atoms with E-state index in [1.807, 2.05) is 18.3 Å². The highest BCUT2D eigenvalue weighted by molar-refractivity contribution is 5.68. The van der Waals surface area contributed by atoms with Crippen molar-refractivity contribution in [1.82, 2.24) is 34.3 Å². The topological polar surface area (TPSA) is 84.2 Å². The SMILES string of the molecule is CCN1CCN(Cc2ccc(Nc3ncc(F)c(-c4cc(F)c5c(c4)-n4cncc4CO5)n3)nc2)CC1. The molecule has 0 radical (unpaired) electrons. The van der Waals surface area contributed by atoms with E-state index in [-0.39, 0.29) is 29.6 Å². The number of fused-ring (bicyclic) bond motifs is 3. The Morgan fingerprint density at radius 1 is 0.973 bits per heavy atom. The van der Waals surface area contributed by atoms with E-state index >= 15 is 0 Å². The van der Waals surface area contributed by atoms with Crippen LogP contribution in [-0.4, -0.2) is 67.0 Å². The molecule has 190 valence electrons. The molecule has 2 aliphatic heterocycles. The predicted molar refractivity (Wildman–Crippen MR) is 134 cm³/mol. The van der Waals surface area contributed by atoms with E-state index in [0.29, 0.717) is 11.5 Å². The van der Waals surface area contributed by atoms with E-state index in [1.165, 1.54) is 6.07 Å². The Hall–Kier alpha value is -3.96. The largest absolute Gasteiger partial charge is 0.482 e. The second-order valence-corrected chi connectivity index (χ2v) is 9.13. The zero-order valence-electron chi connectivity index (χ0n) is 20.4. The molecule has 0 atom stereocenters. The molecule has 37 heavy (non-hydrogen) atoms. The molecule has 0 spiro atoms. The number of benzene rings is 1. The Labute approximate surface area is 212 Å². The summed E-state index contributed by atoms with van der Waals surface area (Å²) in [5.74, 6) is -0.486. The number of piperazine rings is 1. The number of hydrogen-bond acceptors (Lipinski definition) is 8. The summed E-state index contributed by atoms with van der Waals surface area (Å²) in [5.41, 5.74) is 2.55. The van der Waals surface area contributed by atoms with Crippen molar-refractivity contribution in [2.45, 2.75) is 20.1 Å². The van der Waals surface area contributed by atoms with Gasteiger partial charge in [0.1, 0.15) is 18.1 Å². The molecule has 4 aromatic rings. The van der Waals surface area contributed by atoms with Gasteiger partial charge < -0.3 is 15.0 Å². The maximum atomic E-state index is 14.9. The van der Waals surface area contributed by atoms with Crippen molar-refractivity contribution >= 4 is 11.8 Å². The number of likely N-dealkylation sites (N-methyl/N-ethyl adjacent to an activating group) is 1. The standard InChI is InChI=1S/C26H26F2N8O/c1-2-34-5-7-35(8-6-34)14-17-3-4-23(30-11-17)32-26-31-13-21(28)24(33-26)18-9-20(27)25-22(10-18)36-16-29-12-19(36)15-37-25/h3-4,9-13,16H,2,5-8,14-15H2,1H3,(H,30,31,32,33). The van der Waals surface area contributed by atoms with Gasteiger partial charge in [0.2, 0.25) is 5.95 Å². The molecule has 9 nitrogen and oxygen atoms in total. The third-order valence-electron chi connectivity index (χ3n) is 6.76. The van der Waals surface area contributed by atoms with Crippen LogP contribution in [0.5, 0.6) is 5.75 Å². The van der Waals surface area contributed by atoms with Gasteiger partial charge in [-0.15, -0.1) is 0 Å². The van der Waals surface area contributed by atoms with Crippen molar-refractivity contribution in [2.75, 3.05) is 38.0 Å². The zero-order valence-corrected chi connectivity index (χ0v) is 20.4. The molecule has 11 heteroatoms. The monoisotopic (exact) mass is 504 g/mol. The number of halogens is 2. The molecule has 1 saturated heterocycles. The fourth-order valence-electron chi connectivity index (χ4n) is 4.69. The highest BCUT2D eigenvalue weighted by atomic mass is 19.1. The summed E-state index contributed by atoms with van der Waals surface area (Å²) in [5, 5.41) is 3.02. The van der Waals surface area contributed by atoms with Gasteiger partial charge in [-0.2, -0.15) is 0 Å². The average molecular weight is 505 g/mol. The van der Waals surface area contributed by atoms with Gasteiger partial charge >= 0.3 is 0 Å². The highest BCUT2D eigenvalue weighted by Gasteiger charge is 2.23. The van der Waals surface area contributed by atoms with Crippen LogP contribution in [0.3, 0.4) is 0 Å². The summed E-state index contributed by atoms with van der Waals surface area (Å²) in [7, 11) is 0. The second-order valence-electron chi connectivity index (χ2n) is 9.13. The number of nitrogens with one attached hydrogen (secondary N) is 1. The van der Waals surface area contributed by atoms with Gasteiger partial charge in [0, 0.05) is 44.5 Å². The molecule has 1 N–H and O–H groups in total. The summed E-state index contributed by atoms with van der Waals surface area (Å²) >= 11 is 0. The summed E-state index contributed by atoms with van der Waals surface area (Å²) in [6.07, 6.45) is 6.10. The van der Waals surface area contributed by atoms with Crippen LogP contribution >= 0.6 is 0 Å². The van der Waals surface area contributed by atoms with Crippen LogP contribution in [0.25, 0.3) is 16.9 Å². The number of aromatic nitrogens is 5. The molecule has 1 fully saturated rings. The van der Waals surface area contributed by atoms with Gasteiger partial charge in [-0.3, -0.25) is 9.47 Å². The first-order chi connectivity index (χ1) is 18.1. The lowest BCUT2D eigenvalue weighted by Crippen LogP contribution is -2.45. The van der Waals surface area contributed by atoms with E-state index in [9.17, 15) is 8.78 Å². The van der Waals surface area contributed by atoms with E-state index < -0.39 is 11.6 Å². The van der Waals surface area contributed by atoms with Crippen molar-refractivity contribution in [3.8, 4) is 22.7 Å². The first-order valence-corrected chi connectivity index (χ1v) is 12.2. The lowest BCUT2D eigenvalue weighted by molar-refractivity contribution is 0.132. The molecular weight excluding hydrogens is 478 g/mol. The van der Waals surface area contributed by atoms with Gasteiger partial charge in [-0.1, -0.05) is 13.0 Å². The Bertz CT molecular complexity index is 1420. The smallest absolute Gasteiger partial charge is 0.229 e. The molecule has 6 rings (SSSR count). The van der Waals surface area contributed by atoms with Crippen LogP contribution in [0, 0.1) is 11.6 Å². The van der Waals surface area contributed by atoms with E-state index in [0.717, 1.165) is 56.7 Å². The number of pyridine rings is 1. The molecule has 3 aromatic heterocycles. The Morgan fingerprint density at radius 3 is 2.59 bits per heavy atom. The number of hydrogen-bond donors (Lipinski definition) is 1. The second kappa shape index (κ2) is 9.83. The lowest BCUT2D eigenvalue weighted by Gasteiger charge is -2.33. The summed E-state index contributed by atoms with van der Waals surface area (Å²) < 4.78 is 36.9. The van der Waals surface area contributed by atoms with Gasteiger partial charge in [0.05, 0.1) is 30.1 Å². The van der Waals surface area contributed by atoms with E-state index in [4.69, 9.17) is 4.74 Å². The molecule has 0 aliphatic carbocycles. The number of nitrogens with zero attached hydrogens (tertiary/aromatic N) is 7. The van der Waals surface area contributed by atoms with Crippen LogP contribution in [-0.2, 0) is 13.2 Å². The van der Waals surface area contributed by atoms with Gasteiger partial charge in [0.15, 0.2) is 17.4 Å². The van der Waals surface area contributed by atoms with Gasteiger partial charge in [-0.25, -0.2) is 28.7 Å².